The van der Waals surface area contributed by atoms with Crippen molar-refractivity contribution in [3.8, 4) is 22.5 Å². The molecular weight excluding hydrogens is 568 g/mol. The predicted octanol–water partition coefficient (Wildman–Crippen LogP) is 8.27. The standard InChI is InChI=1S/2C12H9BrN2S/c1-8-7-16-12-14-11(6-15(8)12)9-2-4-10(13)5-3-9;1-8-6-15-7-11(14-12(15)16-8)9-2-4-10(13)5-3-9/h2*2-7H,1H3. The van der Waals surface area contributed by atoms with Crippen LogP contribution in [0.3, 0.4) is 0 Å². The molecule has 4 aromatic heterocycles. The molecular formula is C24H18Br2N4S2. The van der Waals surface area contributed by atoms with Gasteiger partial charge in [-0.15, -0.1) is 22.7 Å². The smallest absolute Gasteiger partial charge is 0.194 e. The van der Waals surface area contributed by atoms with E-state index in [1.165, 1.54) is 10.6 Å². The zero-order valence-corrected chi connectivity index (χ0v) is 22.1. The maximum atomic E-state index is 4.60. The summed E-state index contributed by atoms with van der Waals surface area (Å²) in [7, 11) is 0. The molecule has 6 rings (SSSR count). The molecule has 0 aliphatic rings. The van der Waals surface area contributed by atoms with E-state index in [1.54, 1.807) is 22.7 Å². The highest BCUT2D eigenvalue weighted by atomic mass is 79.9. The highest BCUT2D eigenvalue weighted by Gasteiger charge is 2.07. The normalized spacial score (nSPS) is 11.1. The van der Waals surface area contributed by atoms with Crippen molar-refractivity contribution in [2.24, 2.45) is 0 Å². The van der Waals surface area contributed by atoms with Crippen LogP contribution in [0.4, 0.5) is 0 Å². The van der Waals surface area contributed by atoms with Crippen LogP contribution >= 0.6 is 54.5 Å². The van der Waals surface area contributed by atoms with Gasteiger partial charge < -0.3 is 0 Å². The van der Waals surface area contributed by atoms with Crippen LogP contribution in [0, 0.1) is 13.8 Å². The van der Waals surface area contributed by atoms with Gasteiger partial charge in [0.15, 0.2) is 9.92 Å². The lowest BCUT2D eigenvalue weighted by molar-refractivity contribution is 1.13. The summed E-state index contributed by atoms with van der Waals surface area (Å²) in [4.78, 5) is 12.6. The number of imidazole rings is 2. The molecule has 0 aliphatic heterocycles. The molecule has 0 unspecified atom stereocenters. The van der Waals surface area contributed by atoms with Crippen molar-refractivity contribution in [1.29, 1.82) is 0 Å². The van der Waals surface area contributed by atoms with Gasteiger partial charge in [-0.05, 0) is 38.1 Å². The van der Waals surface area contributed by atoms with Crippen molar-refractivity contribution in [3.05, 3.63) is 92.0 Å². The molecule has 32 heavy (non-hydrogen) atoms. The molecule has 0 radical (unpaired) electrons. The van der Waals surface area contributed by atoms with Gasteiger partial charge in [0.2, 0.25) is 0 Å². The lowest BCUT2D eigenvalue weighted by Crippen LogP contribution is -1.78. The van der Waals surface area contributed by atoms with Crippen LogP contribution in [0.5, 0.6) is 0 Å². The zero-order valence-electron chi connectivity index (χ0n) is 17.3. The quantitative estimate of drug-likeness (QED) is 0.205. The third-order valence-corrected chi connectivity index (χ3v) is 7.87. The van der Waals surface area contributed by atoms with Gasteiger partial charge in [-0.25, -0.2) is 9.97 Å². The second kappa shape index (κ2) is 8.94. The Labute approximate surface area is 210 Å². The van der Waals surface area contributed by atoms with Crippen molar-refractivity contribution in [1.82, 2.24) is 18.8 Å². The Morgan fingerprint density at radius 1 is 0.719 bits per heavy atom. The first-order valence-corrected chi connectivity index (χ1v) is 13.1. The Balaban J connectivity index is 0.000000135. The average molecular weight is 586 g/mol. The molecule has 0 spiro atoms. The van der Waals surface area contributed by atoms with E-state index in [0.717, 1.165) is 41.4 Å². The van der Waals surface area contributed by atoms with Gasteiger partial charge in [-0.2, -0.15) is 0 Å². The number of nitrogens with zero attached hydrogens (tertiary/aromatic N) is 4. The predicted molar refractivity (Wildman–Crippen MR) is 142 cm³/mol. The van der Waals surface area contributed by atoms with E-state index in [1.807, 2.05) is 24.3 Å². The number of hydrogen-bond acceptors (Lipinski definition) is 4. The first-order chi connectivity index (χ1) is 15.5. The minimum atomic E-state index is 1.03. The second-order valence-electron chi connectivity index (χ2n) is 7.33. The Kier molecular flexibility index (Phi) is 6.03. The molecule has 0 saturated heterocycles. The largest absolute Gasteiger partial charge is 0.297 e. The van der Waals surface area contributed by atoms with Crippen LogP contribution in [0.15, 0.2) is 81.4 Å². The minimum Gasteiger partial charge on any atom is -0.297 e. The molecule has 6 aromatic rings. The molecule has 0 atom stereocenters. The summed E-state index contributed by atoms with van der Waals surface area (Å²) < 4.78 is 6.39. The van der Waals surface area contributed by atoms with Crippen LogP contribution in [0.2, 0.25) is 0 Å². The number of aryl methyl sites for hydroxylation is 2. The first-order valence-electron chi connectivity index (χ1n) is 9.86. The summed E-state index contributed by atoms with van der Waals surface area (Å²) in [6, 6.07) is 16.4. The van der Waals surface area contributed by atoms with E-state index in [2.05, 4.69) is 113 Å². The fourth-order valence-electron chi connectivity index (χ4n) is 3.32. The number of thiazole rings is 2. The molecule has 160 valence electrons. The lowest BCUT2D eigenvalue weighted by atomic mass is 10.2. The van der Waals surface area contributed by atoms with Gasteiger partial charge in [0, 0.05) is 54.6 Å². The number of rotatable bonds is 2. The second-order valence-corrected chi connectivity index (χ2v) is 11.2. The SMILES string of the molecule is Cc1cn2cc(-c3ccc(Br)cc3)nc2s1.Cc1csc2nc(-c3ccc(Br)cc3)cn12. The van der Waals surface area contributed by atoms with E-state index in [4.69, 9.17) is 0 Å². The topological polar surface area (TPSA) is 34.6 Å². The highest BCUT2D eigenvalue weighted by Crippen LogP contribution is 2.25. The molecule has 2 aromatic carbocycles. The van der Waals surface area contributed by atoms with Crippen molar-refractivity contribution < 1.29 is 0 Å². The maximum Gasteiger partial charge on any atom is 0.194 e. The number of hydrogen-bond donors (Lipinski definition) is 0. The maximum absolute atomic E-state index is 4.60. The molecule has 0 N–H and O–H groups in total. The molecule has 4 nitrogen and oxygen atoms in total. The molecule has 0 amide bonds. The van der Waals surface area contributed by atoms with Gasteiger partial charge >= 0.3 is 0 Å². The summed E-state index contributed by atoms with van der Waals surface area (Å²) >= 11 is 10.3. The number of fused-ring (bicyclic) bond motifs is 2. The third kappa shape index (κ3) is 4.45. The van der Waals surface area contributed by atoms with Crippen molar-refractivity contribution in [3.63, 3.8) is 0 Å². The zero-order chi connectivity index (χ0) is 22.2. The van der Waals surface area contributed by atoms with Crippen LogP contribution < -0.4 is 0 Å². The van der Waals surface area contributed by atoms with Crippen molar-refractivity contribution >= 4 is 64.5 Å². The minimum absolute atomic E-state index is 1.03. The Bertz CT molecular complexity index is 1470. The van der Waals surface area contributed by atoms with E-state index >= 15 is 0 Å². The number of aromatic nitrogens is 4. The van der Waals surface area contributed by atoms with E-state index in [9.17, 15) is 0 Å². The molecule has 0 fully saturated rings. The fourth-order valence-corrected chi connectivity index (χ4v) is 5.51. The highest BCUT2D eigenvalue weighted by molar-refractivity contribution is 9.10. The molecule has 4 heterocycles. The molecule has 0 saturated carbocycles. The summed E-state index contributed by atoms with van der Waals surface area (Å²) in [6.45, 7) is 4.19. The van der Waals surface area contributed by atoms with Crippen LogP contribution in [-0.4, -0.2) is 18.8 Å². The van der Waals surface area contributed by atoms with Gasteiger partial charge in [0.1, 0.15) is 0 Å². The lowest BCUT2D eigenvalue weighted by Gasteiger charge is -1.95. The van der Waals surface area contributed by atoms with Gasteiger partial charge in [0.05, 0.1) is 11.4 Å². The Morgan fingerprint density at radius 3 is 1.84 bits per heavy atom. The third-order valence-electron chi connectivity index (χ3n) is 4.94. The van der Waals surface area contributed by atoms with Crippen molar-refractivity contribution in [2.45, 2.75) is 13.8 Å². The monoisotopic (exact) mass is 584 g/mol. The molecule has 8 heteroatoms. The Hall–Kier alpha value is -2.26. The van der Waals surface area contributed by atoms with E-state index in [-0.39, 0.29) is 0 Å². The van der Waals surface area contributed by atoms with Crippen LogP contribution in [-0.2, 0) is 0 Å². The molecule has 0 aliphatic carbocycles. The summed E-state index contributed by atoms with van der Waals surface area (Å²) in [6.07, 6.45) is 6.27. The molecule has 0 bridgehead atoms. The Morgan fingerprint density at radius 2 is 1.28 bits per heavy atom. The van der Waals surface area contributed by atoms with Gasteiger partial charge in [-0.3, -0.25) is 8.80 Å². The average Bonchev–Trinajstić information content (AvgIpc) is 3.52. The van der Waals surface area contributed by atoms with E-state index < -0.39 is 0 Å². The van der Waals surface area contributed by atoms with Crippen LogP contribution in [0.25, 0.3) is 32.4 Å². The van der Waals surface area contributed by atoms with Gasteiger partial charge in [-0.1, -0.05) is 56.1 Å². The first kappa shape index (κ1) is 21.6. The summed E-state index contributed by atoms with van der Waals surface area (Å²) in [5.41, 5.74) is 5.59. The number of benzene rings is 2. The fraction of sp³-hybridized carbons (Fsp3) is 0.0833. The number of halogens is 2. The summed E-state index contributed by atoms with van der Waals surface area (Å²) in [5.74, 6) is 0. The van der Waals surface area contributed by atoms with Crippen LogP contribution in [0.1, 0.15) is 10.6 Å². The summed E-state index contributed by atoms with van der Waals surface area (Å²) in [5, 5.41) is 2.12. The van der Waals surface area contributed by atoms with Gasteiger partial charge in [0.25, 0.3) is 0 Å². The van der Waals surface area contributed by atoms with E-state index in [0.29, 0.717) is 0 Å². The van der Waals surface area contributed by atoms with Crippen molar-refractivity contribution in [2.75, 3.05) is 0 Å².